The van der Waals surface area contributed by atoms with Crippen LogP contribution in [0.3, 0.4) is 0 Å². The smallest absolute Gasteiger partial charge is 0.274 e. The van der Waals surface area contributed by atoms with Gasteiger partial charge in [-0.25, -0.2) is 4.98 Å². The molecule has 1 atom stereocenters. The van der Waals surface area contributed by atoms with Crippen molar-refractivity contribution in [3.63, 3.8) is 0 Å². The van der Waals surface area contributed by atoms with Crippen molar-refractivity contribution in [3.8, 4) is 0 Å². The molecular weight excluding hydrogens is 338 g/mol. The lowest BCUT2D eigenvalue weighted by atomic mass is 9.94. The third kappa shape index (κ3) is 4.19. The van der Waals surface area contributed by atoms with Gasteiger partial charge in [0.05, 0.1) is 24.1 Å². The highest BCUT2D eigenvalue weighted by Gasteiger charge is 2.21. The highest BCUT2D eigenvalue weighted by molar-refractivity contribution is 6.02. The fourth-order valence-corrected chi connectivity index (χ4v) is 3.99. The van der Waals surface area contributed by atoms with E-state index in [0.717, 1.165) is 48.5 Å². The van der Waals surface area contributed by atoms with E-state index in [2.05, 4.69) is 6.92 Å². The van der Waals surface area contributed by atoms with E-state index in [4.69, 9.17) is 14.8 Å². The summed E-state index contributed by atoms with van der Waals surface area (Å²) in [6.07, 6.45) is 7.99. The molecule has 1 fully saturated rings. The number of hydrogen-bond donors (Lipinski definition) is 0. The Hall–Kier alpha value is -2.27. The van der Waals surface area contributed by atoms with Crippen LogP contribution in [0.2, 0.25) is 0 Å². The van der Waals surface area contributed by atoms with Crippen LogP contribution in [-0.2, 0) is 17.8 Å². The summed E-state index contributed by atoms with van der Waals surface area (Å²) in [5, 5.41) is 4.70. The summed E-state index contributed by atoms with van der Waals surface area (Å²) in [6, 6.07) is 11.7. The fraction of sp³-hybridized carbons (Fsp3) is 0.500. The minimum Gasteiger partial charge on any atom is -0.372 e. The first kappa shape index (κ1) is 18.1. The van der Waals surface area contributed by atoms with Crippen LogP contribution in [0.4, 0.5) is 0 Å². The molecule has 0 spiro atoms. The van der Waals surface area contributed by atoms with Crippen molar-refractivity contribution >= 4 is 5.71 Å². The fourth-order valence-electron chi connectivity index (χ4n) is 3.99. The van der Waals surface area contributed by atoms with Crippen molar-refractivity contribution in [1.29, 1.82) is 0 Å². The average molecular weight is 365 g/mol. The maximum atomic E-state index is 12.7. The number of rotatable bonds is 4. The van der Waals surface area contributed by atoms with Crippen molar-refractivity contribution < 1.29 is 4.74 Å². The largest absolute Gasteiger partial charge is 0.372 e. The monoisotopic (exact) mass is 365 g/mol. The Morgan fingerprint density at radius 3 is 2.67 bits per heavy atom. The van der Waals surface area contributed by atoms with Gasteiger partial charge >= 0.3 is 0 Å². The molecule has 1 aromatic heterocycles. The number of aryl methyl sites for hydroxylation is 1. The molecule has 2 aliphatic rings. The predicted molar refractivity (Wildman–Crippen MR) is 106 cm³/mol. The first-order chi connectivity index (χ1) is 13.2. The van der Waals surface area contributed by atoms with Gasteiger partial charge in [0, 0.05) is 18.4 Å². The molecule has 1 unspecified atom stereocenters. The molecule has 5 nitrogen and oxygen atoms in total. The van der Waals surface area contributed by atoms with Crippen LogP contribution in [0.25, 0.3) is 0 Å². The Balaban J connectivity index is 1.59. The second-order valence-electron chi connectivity index (χ2n) is 7.68. The molecule has 0 bridgehead atoms. The molecule has 0 saturated heterocycles. The molecule has 0 amide bonds. The molecule has 142 valence electrons. The molecule has 27 heavy (non-hydrogen) atoms. The molecular formula is C22H27N3O2. The molecule has 1 aliphatic carbocycles. The lowest BCUT2D eigenvalue weighted by Crippen LogP contribution is -2.24. The second kappa shape index (κ2) is 8.17. The van der Waals surface area contributed by atoms with E-state index in [1.54, 1.807) is 6.07 Å². The number of ether oxygens (including phenoxy) is 1. The van der Waals surface area contributed by atoms with Crippen LogP contribution in [0.1, 0.15) is 62.5 Å². The van der Waals surface area contributed by atoms with Crippen LogP contribution in [0, 0.1) is 5.92 Å². The first-order valence-electron chi connectivity index (χ1n) is 10.1. The zero-order valence-electron chi connectivity index (χ0n) is 15.9. The number of aromatic nitrogens is 2. The molecule has 5 heteroatoms. The molecule has 0 N–H and O–H groups in total. The van der Waals surface area contributed by atoms with Crippen molar-refractivity contribution in [2.45, 2.75) is 64.6 Å². The lowest BCUT2D eigenvalue weighted by Gasteiger charge is -2.21. The van der Waals surface area contributed by atoms with Gasteiger partial charge in [0.1, 0.15) is 5.82 Å². The van der Waals surface area contributed by atoms with Gasteiger partial charge in [-0.05, 0) is 24.8 Å². The van der Waals surface area contributed by atoms with E-state index < -0.39 is 0 Å². The van der Waals surface area contributed by atoms with Gasteiger partial charge in [-0.1, -0.05) is 56.5 Å². The Kier molecular flexibility index (Phi) is 5.48. The highest BCUT2D eigenvalue weighted by atomic mass is 16.5. The maximum Gasteiger partial charge on any atom is 0.274 e. The molecule has 4 rings (SSSR count). The van der Waals surface area contributed by atoms with Crippen LogP contribution < -0.4 is 5.56 Å². The van der Waals surface area contributed by atoms with Gasteiger partial charge in [-0.2, -0.15) is 9.78 Å². The summed E-state index contributed by atoms with van der Waals surface area (Å²) >= 11 is 0. The third-order valence-electron chi connectivity index (χ3n) is 5.58. The Bertz CT molecular complexity index is 867. The summed E-state index contributed by atoms with van der Waals surface area (Å²) in [4.78, 5) is 17.4. The first-order valence-corrected chi connectivity index (χ1v) is 10.1. The van der Waals surface area contributed by atoms with Gasteiger partial charge in [0.2, 0.25) is 0 Å². The standard InChI is InChI=1S/C22H27N3O2/c1-16-12-13-20-23-18(15-27-19-10-6-3-7-11-19)14-21(26)25(20)24-22(16)17-8-4-2-5-9-17/h2,4-5,8-9,14,16,19H,3,6-7,10-13,15H2,1H3. The van der Waals surface area contributed by atoms with Crippen LogP contribution in [0.15, 0.2) is 46.3 Å². The average Bonchev–Trinajstić information content (AvgIpc) is 2.87. The zero-order chi connectivity index (χ0) is 18.6. The van der Waals surface area contributed by atoms with Crippen LogP contribution >= 0.6 is 0 Å². The second-order valence-corrected chi connectivity index (χ2v) is 7.68. The normalized spacial score (nSPS) is 20.6. The summed E-state index contributed by atoms with van der Waals surface area (Å²) in [7, 11) is 0. The van der Waals surface area contributed by atoms with Gasteiger partial charge in [-0.15, -0.1) is 0 Å². The Morgan fingerprint density at radius 1 is 1.11 bits per heavy atom. The van der Waals surface area contributed by atoms with E-state index in [0.29, 0.717) is 12.7 Å². The summed E-state index contributed by atoms with van der Waals surface area (Å²) < 4.78 is 7.49. The summed E-state index contributed by atoms with van der Waals surface area (Å²) in [5.74, 6) is 1.01. The van der Waals surface area contributed by atoms with Gasteiger partial charge in [-0.3, -0.25) is 4.79 Å². The SMILES string of the molecule is CC1CCc2nc(COC3CCCCC3)cc(=O)n2N=C1c1ccccc1. The number of fused-ring (bicyclic) bond motifs is 1. The minimum atomic E-state index is -0.121. The van der Waals surface area contributed by atoms with E-state index in [1.165, 1.54) is 23.9 Å². The molecule has 2 aromatic rings. The maximum absolute atomic E-state index is 12.7. The predicted octanol–water partition coefficient (Wildman–Crippen LogP) is 3.93. The van der Waals surface area contributed by atoms with E-state index in [9.17, 15) is 4.79 Å². The number of nitrogens with zero attached hydrogens (tertiary/aromatic N) is 3. The minimum absolute atomic E-state index is 0.121. The van der Waals surface area contributed by atoms with Crippen LogP contribution in [0.5, 0.6) is 0 Å². The number of hydrogen-bond acceptors (Lipinski definition) is 4. The van der Waals surface area contributed by atoms with Crippen molar-refractivity contribution in [2.75, 3.05) is 0 Å². The third-order valence-corrected chi connectivity index (χ3v) is 5.58. The zero-order valence-corrected chi connectivity index (χ0v) is 15.9. The Morgan fingerprint density at radius 2 is 1.89 bits per heavy atom. The van der Waals surface area contributed by atoms with E-state index in [-0.39, 0.29) is 11.5 Å². The molecule has 0 radical (unpaired) electrons. The number of benzene rings is 1. The van der Waals surface area contributed by atoms with Crippen molar-refractivity contribution in [2.24, 2.45) is 11.0 Å². The Labute approximate surface area is 160 Å². The quantitative estimate of drug-likeness (QED) is 0.825. The van der Waals surface area contributed by atoms with Gasteiger partial charge in [0.15, 0.2) is 0 Å². The van der Waals surface area contributed by atoms with Gasteiger partial charge < -0.3 is 4.74 Å². The van der Waals surface area contributed by atoms with Crippen LogP contribution in [-0.4, -0.2) is 21.5 Å². The van der Waals surface area contributed by atoms with Crippen molar-refractivity contribution in [3.05, 3.63) is 63.8 Å². The molecule has 1 saturated carbocycles. The molecule has 1 aromatic carbocycles. The molecule has 1 aliphatic heterocycles. The topological polar surface area (TPSA) is 56.5 Å². The summed E-state index contributed by atoms with van der Waals surface area (Å²) in [6.45, 7) is 2.58. The summed E-state index contributed by atoms with van der Waals surface area (Å²) in [5.41, 5.74) is 2.62. The van der Waals surface area contributed by atoms with Crippen molar-refractivity contribution in [1.82, 2.24) is 9.66 Å². The lowest BCUT2D eigenvalue weighted by molar-refractivity contribution is 0.0150. The highest BCUT2D eigenvalue weighted by Crippen LogP contribution is 2.22. The van der Waals surface area contributed by atoms with E-state index in [1.807, 2.05) is 30.3 Å². The van der Waals surface area contributed by atoms with E-state index >= 15 is 0 Å². The van der Waals surface area contributed by atoms with Gasteiger partial charge in [0.25, 0.3) is 5.56 Å². The molecule has 2 heterocycles.